The normalized spacial score (nSPS) is 12.7. The Hall–Kier alpha value is -0.0100. The summed E-state index contributed by atoms with van der Waals surface area (Å²) in [5, 5.41) is 3.18. The number of hydrogen-bond donors (Lipinski definition) is 1. The number of halogens is 5. The fourth-order valence-electron chi connectivity index (χ4n) is 1.97. The standard InChI is InChI=1S/C14H12Br2ClF2NS/c1-2-3-20-13(11-6-8(16)14(17)21-11)12-9(18)4-7(15)5-10(12)19/h4-6,13,20H,2-3H2,1H3. The lowest BCUT2D eigenvalue weighted by Crippen LogP contribution is -2.24. The molecule has 0 aliphatic rings. The first kappa shape index (κ1) is 17.3. The van der Waals surface area contributed by atoms with E-state index in [2.05, 4.69) is 37.2 Å². The Balaban J connectivity index is 2.50. The SMILES string of the molecule is CCCNC(c1cc(Br)c(Cl)s1)c1c(F)cc(Br)cc1F. The smallest absolute Gasteiger partial charge is 0.132 e. The fraction of sp³-hybridized carbons (Fsp3) is 0.286. The van der Waals surface area contributed by atoms with E-state index in [0.717, 1.165) is 15.8 Å². The number of nitrogens with one attached hydrogen (secondary N) is 1. The molecule has 1 aromatic carbocycles. The van der Waals surface area contributed by atoms with Crippen LogP contribution < -0.4 is 5.32 Å². The van der Waals surface area contributed by atoms with Gasteiger partial charge in [-0.3, -0.25) is 0 Å². The molecular weight excluding hydrogens is 447 g/mol. The van der Waals surface area contributed by atoms with Crippen LogP contribution in [0.2, 0.25) is 4.34 Å². The first-order chi connectivity index (χ1) is 9.93. The first-order valence-electron chi connectivity index (χ1n) is 6.26. The van der Waals surface area contributed by atoms with Crippen molar-refractivity contribution in [2.24, 2.45) is 0 Å². The van der Waals surface area contributed by atoms with Gasteiger partial charge in [-0.05, 0) is 47.1 Å². The third-order valence-electron chi connectivity index (χ3n) is 2.88. The van der Waals surface area contributed by atoms with Crippen LogP contribution in [0, 0.1) is 11.6 Å². The quantitative estimate of drug-likeness (QED) is 0.554. The van der Waals surface area contributed by atoms with Crippen LogP contribution in [0.25, 0.3) is 0 Å². The van der Waals surface area contributed by atoms with Crippen molar-refractivity contribution in [2.45, 2.75) is 19.4 Å². The van der Waals surface area contributed by atoms with Crippen molar-refractivity contribution >= 4 is 54.8 Å². The van der Waals surface area contributed by atoms with E-state index >= 15 is 0 Å². The molecule has 1 aromatic heterocycles. The molecule has 0 aliphatic carbocycles. The maximum atomic E-state index is 14.2. The zero-order valence-electron chi connectivity index (χ0n) is 11.0. The summed E-state index contributed by atoms with van der Waals surface area (Å²) >= 11 is 13.8. The Morgan fingerprint density at radius 1 is 1.24 bits per heavy atom. The van der Waals surface area contributed by atoms with E-state index in [4.69, 9.17) is 11.6 Å². The van der Waals surface area contributed by atoms with Gasteiger partial charge in [0, 0.05) is 19.4 Å². The van der Waals surface area contributed by atoms with E-state index in [1.165, 1.54) is 23.5 Å². The molecule has 0 spiro atoms. The summed E-state index contributed by atoms with van der Waals surface area (Å²) in [5.74, 6) is -1.17. The Labute approximate surface area is 148 Å². The van der Waals surface area contributed by atoms with Crippen molar-refractivity contribution in [3.05, 3.63) is 53.6 Å². The zero-order valence-corrected chi connectivity index (χ0v) is 15.8. The second-order valence-electron chi connectivity index (χ2n) is 4.44. The molecule has 1 heterocycles. The highest BCUT2D eigenvalue weighted by atomic mass is 79.9. The summed E-state index contributed by atoms with van der Waals surface area (Å²) < 4.78 is 30.1. The largest absolute Gasteiger partial charge is 0.305 e. The van der Waals surface area contributed by atoms with Crippen LogP contribution in [-0.4, -0.2) is 6.54 Å². The predicted octanol–water partition coefficient (Wildman–Crippen LogP) is 6.29. The molecule has 1 atom stereocenters. The highest BCUT2D eigenvalue weighted by molar-refractivity contribution is 9.10. The van der Waals surface area contributed by atoms with Crippen LogP contribution in [0.1, 0.15) is 29.8 Å². The van der Waals surface area contributed by atoms with Crippen LogP contribution in [0.3, 0.4) is 0 Å². The summed E-state index contributed by atoms with van der Waals surface area (Å²) in [5.41, 5.74) is 0.0112. The zero-order chi connectivity index (χ0) is 15.6. The second kappa shape index (κ2) is 7.51. The van der Waals surface area contributed by atoms with Crippen molar-refractivity contribution in [3.63, 3.8) is 0 Å². The minimum Gasteiger partial charge on any atom is -0.305 e. The Kier molecular flexibility index (Phi) is 6.20. The lowest BCUT2D eigenvalue weighted by molar-refractivity contribution is 0.505. The molecule has 114 valence electrons. The van der Waals surface area contributed by atoms with Gasteiger partial charge < -0.3 is 5.32 Å². The molecule has 0 radical (unpaired) electrons. The summed E-state index contributed by atoms with van der Waals surface area (Å²) in [7, 11) is 0. The molecule has 0 fully saturated rings. The van der Waals surface area contributed by atoms with Gasteiger partial charge in [0.15, 0.2) is 0 Å². The van der Waals surface area contributed by atoms with E-state index in [0.29, 0.717) is 15.4 Å². The van der Waals surface area contributed by atoms with E-state index in [1.807, 2.05) is 6.92 Å². The molecule has 21 heavy (non-hydrogen) atoms. The molecular formula is C14H12Br2ClF2NS. The minimum atomic E-state index is -0.587. The Morgan fingerprint density at radius 3 is 2.33 bits per heavy atom. The second-order valence-corrected chi connectivity index (χ2v) is 7.90. The maximum absolute atomic E-state index is 14.2. The number of hydrogen-bond acceptors (Lipinski definition) is 2. The molecule has 2 rings (SSSR count). The molecule has 0 amide bonds. The van der Waals surface area contributed by atoms with Gasteiger partial charge in [0.1, 0.15) is 16.0 Å². The average molecular weight is 460 g/mol. The minimum absolute atomic E-state index is 0.0112. The van der Waals surface area contributed by atoms with E-state index in [-0.39, 0.29) is 5.56 Å². The van der Waals surface area contributed by atoms with Crippen molar-refractivity contribution in [2.75, 3.05) is 6.54 Å². The maximum Gasteiger partial charge on any atom is 0.132 e. The van der Waals surface area contributed by atoms with Crippen LogP contribution in [0.5, 0.6) is 0 Å². The van der Waals surface area contributed by atoms with Gasteiger partial charge in [0.2, 0.25) is 0 Å². The molecule has 1 nitrogen and oxygen atoms in total. The molecule has 1 N–H and O–H groups in total. The van der Waals surface area contributed by atoms with Crippen LogP contribution >= 0.6 is 54.8 Å². The van der Waals surface area contributed by atoms with Crippen LogP contribution in [0.15, 0.2) is 27.1 Å². The fourth-order valence-corrected chi connectivity index (χ4v) is 4.19. The number of thiophene rings is 1. The van der Waals surface area contributed by atoms with Crippen LogP contribution in [0.4, 0.5) is 8.78 Å². The van der Waals surface area contributed by atoms with E-state index in [1.54, 1.807) is 6.07 Å². The monoisotopic (exact) mass is 457 g/mol. The lowest BCUT2D eigenvalue weighted by atomic mass is 10.0. The number of rotatable bonds is 5. The van der Waals surface area contributed by atoms with Gasteiger partial charge in [-0.2, -0.15) is 0 Å². The van der Waals surface area contributed by atoms with E-state index in [9.17, 15) is 8.78 Å². The Bertz CT molecular complexity index is 605. The molecule has 0 aliphatic heterocycles. The van der Waals surface area contributed by atoms with Gasteiger partial charge in [0.05, 0.1) is 6.04 Å². The third-order valence-corrected chi connectivity index (χ3v) is 5.88. The summed E-state index contributed by atoms with van der Waals surface area (Å²) in [6.07, 6.45) is 0.858. The lowest BCUT2D eigenvalue weighted by Gasteiger charge is -2.19. The highest BCUT2D eigenvalue weighted by Gasteiger charge is 2.24. The van der Waals surface area contributed by atoms with E-state index < -0.39 is 17.7 Å². The first-order valence-corrected chi connectivity index (χ1v) is 9.04. The summed E-state index contributed by atoms with van der Waals surface area (Å²) in [6, 6.07) is 3.76. The van der Waals surface area contributed by atoms with Crippen molar-refractivity contribution in [3.8, 4) is 0 Å². The average Bonchev–Trinajstić information content (AvgIpc) is 2.72. The van der Waals surface area contributed by atoms with Crippen molar-refractivity contribution in [1.29, 1.82) is 0 Å². The molecule has 1 unspecified atom stereocenters. The van der Waals surface area contributed by atoms with Crippen molar-refractivity contribution in [1.82, 2.24) is 5.32 Å². The third kappa shape index (κ3) is 4.05. The van der Waals surface area contributed by atoms with Gasteiger partial charge >= 0.3 is 0 Å². The molecule has 7 heteroatoms. The van der Waals surface area contributed by atoms with Crippen molar-refractivity contribution < 1.29 is 8.78 Å². The molecule has 0 saturated carbocycles. The predicted molar refractivity (Wildman–Crippen MR) is 91.2 cm³/mol. The molecule has 0 saturated heterocycles. The van der Waals surface area contributed by atoms with Gasteiger partial charge in [-0.1, -0.05) is 34.5 Å². The summed E-state index contributed by atoms with van der Waals surface area (Å²) in [4.78, 5) is 0.764. The Morgan fingerprint density at radius 2 is 1.86 bits per heavy atom. The van der Waals surface area contributed by atoms with Crippen LogP contribution in [-0.2, 0) is 0 Å². The highest BCUT2D eigenvalue weighted by Crippen LogP contribution is 2.39. The molecule has 0 bridgehead atoms. The molecule has 2 aromatic rings. The summed E-state index contributed by atoms with van der Waals surface area (Å²) in [6.45, 7) is 2.64. The van der Waals surface area contributed by atoms with Gasteiger partial charge in [-0.15, -0.1) is 11.3 Å². The number of benzene rings is 1. The topological polar surface area (TPSA) is 12.0 Å². The van der Waals surface area contributed by atoms with Gasteiger partial charge in [-0.25, -0.2) is 8.78 Å². The van der Waals surface area contributed by atoms with Gasteiger partial charge in [0.25, 0.3) is 0 Å².